The maximum absolute atomic E-state index is 9.75. The van der Waals surface area contributed by atoms with Crippen LogP contribution in [0.2, 0.25) is 0 Å². The van der Waals surface area contributed by atoms with Crippen LogP contribution in [0.3, 0.4) is 0 Å². The van der Waals surface area contributed by atoms with Gasteiger partial charge in [0.25, 0.3) is 5.82 Å². The minimum absolute atomic E-state index is 1.12. The minimum Gasteiger partial charge on any atom is -0.418 e. The van der Waals surface area contributed by atoms with Crippen LogP contribution >= 0.6 is 0 Å². The van der Waals surface area contributed by atoms with E-state index < -0.39 is 7.25 Å². The SMILES string of the molecule is CCCCCCc1[nH]cc[n+]1-c1c(C)cc(C)cc1C.F[B-](F)(F)F. The lowest BCUT2D eigenvalue weighted by Gasteiger charge is -2.09. The van der Waals surface area contributed by atoms with E-state index in [2.05, 4.69) is 55.6 Å². The Morgan fingerprint density at radius 1 is 0.960 bits per heavy atom. The number of nitrogens with one attached hydrogen (secondary N) is 1. The number of aryl methyl sites for hydroxylation is 4. The number of aromatic amines is 1. The van der Waals surface area contributed by atoms with Gasteiger partial charge in [-0.05, 0) is 38.3 Å². The van der Waals surface area contributed by atoms with Gasteiger partial charge in [-0.1, -0.05) is 43.9 Å². The Morgan fingerprint density at radius 3 is 2.04 bits per heavy atom. The van der Waals surface area contributed by atoms with E-state index in [-0.39, 0.29) is 0 Å². The second-order valence-electron chi connectivity index (χ2n) is 6.33. The van der Waals surface area contributed by atoms with E-state index in [4.69, 9.17) is 0 Å². The molecule has 0 radical (unpaired) electrons. The van der Waals surface area contributed by atoms with Crippen molar-refractivity contribution >= 4 is 7.25 Å². The number of aromatic nitrogens is 2. The molecule has 0 aliphatic rings. The molecule has 2 nitrogen and oxygen atoms in total. The predicted octanol–water partition coefficient (Wildman–Crippen LogP) is 5.64. The van der Waals surface area contributed by atoms with Gasteiger partial charge in [-0.2, -0.15) is 4.57 Å². The van der Waals surface area contributed by atoms with Crippen LogP contribution in [-0.4, -0.2) is 12.2 Å². The first-order valence-electron chi connectivity index (χ1n) is 8.67. The zero-order valence-corrected chi connectivity index (χ0v) is 15.4. The normalized spacial score (nSPS) is 11.2. The summed E-state index contributed by atoms with van der Waals surface area (Å²) >= 11 is 0. The maximum Gasteiger partial charge on any atom is 0.673 e. The van der Waals surface area contributed by atoms with Gasteiger partial charge in [0.05, 0.1) is 0 Å². The summed E-state index contributed by atoms with van der Waals surface area (Å²) in [5, 5.41) is 0. The Bertz CT molecular complexity index is 636. The van der Waals surface area contributed by atoms with Crippen LogP contribution in [0, 0.1) is 20.8 Å². The van der Waals surface area contributed by atoms with Crippen molar-refractivity contribution in [1.29, 1.82) is 0 Å². The molecule has 0 saturated heterocycles. The molecule has 2 aromatic rings. The standard InChI is InChI=1S/C18H26N2.BF4/c1-5-6-7-8-9-17-19-10-11-20(17)18-15(3)12-14(2)13-16(18)4;2-1(3,4)5/h10-13H,5-9H2,1-4H3;/q;-1/p+1. The van der Waals surface area contributed by atoms with Crippen LogP contribution in [0.1, 0.15) is 55.1 Å². The van der Waals surface area contributed by atoms with E-state index in [1.807, 2.05) is 6.20 Å². The summed E-state index contributed by atoms with van der Waals surface area (Å²) in [6.07, 6.45) is 10.5. The summed E-state index contributed by atoms with van der Waals surface area (Å²) in [7, 11) is -6.00. The van der Waals surface area contributed by atoms with Gasteiger partial charge in [-0.3, -0.25) is 0 Å². The summed E-state index contributed by atoms with van der Waals surface area (Å²) in [5.74, 6) is 1.32. The van der Waals surface area contributed by atoms with Gasteiger partial charge in [0.1, 0.15) is 18.1 Å². The second-order valence-corrected chi connectivity index (χ2v) is 6.33. The molecule has 1 aromatic carbocycles. The summed E-state index contributed by atoms with van der Waals surface area (Å²) < 4.78 is 41.3. The molecule has 1 heterocycles. The number of benzene rings is 1. The topological polar surface area (TPSA) is 19.7 Å². The molecule has 140 valence electrons. The molecule has 1 aromatic heterocycles. The number of hydrogen-bond acceptors (Lipinski definition) is 0. The highest BCUT2D eigenvalue weighted by atomic mass is 19.5. The molecule has 0 fully saturated rings. The predicted molar refractivity (Wildman–Crippen MR) is 94.6 cm³/mol. The van der Waals surface area contributed by atoms with Crippen LogP contribution in [-0.2, 0) is 6.42 Å². The number of nitrogens with zero attached hydrogens (tertiary/aromatic N) is 1. The molecular formula is C18H27BF4N2. The molecule has 0 spiro atoms. The van der Waals surface area contributed by atoms with Crippen molar-refractivity contribution in [3.05, 3.63) is 47.0 Å². The molecular weight excluding hydrogens is 331 g/mol. The van der Waals surface area contributed by atoms with Crippen LogP contribution < -0.4 is 4.57 Å². The van der Waals surface area contributed by atoms with E-state index in [1.54, 1.807) is 0 Å². The minimum atomic E-state index is -6.00. The highest BCUT2D eigenvalue weighted by Crippen LogP contribution is 2.17. The molecule has 0 saturated carbocycles. The summed E-state index contributed by atoms with van der Waals surface area (Å²) in [6.45, 7) is 8.83. The van der Waals surface area contributed by atoms with Crippen molar-refractivity contribution in [2.45, 2.75) is 59.8 Å². The average molecular weight is 358 g/mol. The zero-order valence-electron chi connectivity index (χ0n) is 15.4. The Balaban J connectivity index is 0.000000550. The Kier molecular flexibility index (Phi) is 8.19. The van der Waals surface area contributed by atoms with Crippen molar-refractivity contribution in [1.82, 2.24) is 4.98 Å². The third-order valence-corrected chi connectivity index (χ3v) is 3.91. The molecule has 0 amide bonds. The van der Waals surface area contributed by atoms with E-state index in [0.717, 1.165) is 6.42 Å². The van der Waals surface area contributed by atoms with Gasteiger partial charge >= 0.3 is 7.25 Å². The largest absolute Gasteiger partial charge is 0.673 e. The van der Waals surface area contributed by atoms with Crippen molar-refractivity contribution in [2.75, 3.05) is 0 Å². The van der Waals surface area contributed by atoms with Crippen LogP contribution in [0.25, 0.3) is 5.69 Å². The smallest absolute Gasteiger partial charge is 0.418 e. The van der Waals surface area contributed by atoms with Crippen LogP contribution in [0.15, 0.2) is 24.5 Å². The molecule has 0 atom stereocenters. The van der Waals surface area contributed by atoms with Crippen molar-refractivity contribution < 1.29 is 21.8 Å². The number of imidazole rings is 1. The van der Waals surface area contributed by atoms with Crippen molar-refractivity contribution in [3.8, 4) is 5.69 Å². The lowest BCUT2D eigenvalue weighted by atomic mass is 10.0. The second kappa shape index (κ2) is 9.63. The lowest BCUT2D eigenvalue weighted by molar-refractivity contribution is -0.603. The van der Waals surface area contributed by atoms with Gasteiger partial charge in [0, 0.05) is 6.42 Å². The zero-order chi connectivity index (χ0) is 19.0. The van der Waals surface area contributed by atoms with Gasteiger partial charge in [-0.25, -0.2) is 4.98 Å². The summed E-state index contributed by atoms with van der Waals surface area (Å²) in [5.41, 5.74) is 5.37. The van der Waals surface area contributed by atoms with Gasteiger partial charge in [0.2, 0.25) is 0 Å². The lowest BCUT2D eigenvalue weighted by Crippen LogP contribution is -2.35. The molecule has 0 bridgehead atoms. The van der Waals surface area contributed by atoms with Crippen LogP contribution in [0.5, 0.6) is 0 Å². The van der Waals surface area contributed by atoms with E-state index >= 15 is 0 Å². The Morgan fingerprint density at radius 2 is 1.52 bits per heavy atom. The molecule has 2 rings (SSSR count). The first-order chi connectivity index (χ1) is 11.6. The van der Waals surface area contributed by atoms with Gasteiger partial charge in [0.15, 0.2) is 0 Å². The van der Waals surface area contributed by atoms with E-state index in [9.17, 15) is 17.3 Å². The molecule has 1 N–H and O–H groups in total. The van der Waals surface area contributed by atoms with E-state index in [0.29, 0.717) is 0 Å². The monoisotopic (exact) mass is 358 g/mol. The number of halogens is 4. The number of hydrogen-bond donors (Lipinski definition) is 1. The fourth-order valence-corrected chi connectivity index (χ4v) is 3.04. The molecule has 0 aliphatic heterocycles. The Labute approximate surface area is 147 Å². The quantitative estimate of drug-likeness (QED) is 0.298. The van der Waals surface area contributed by atoms with Gasteiger partial charge < -0.3 is 17.3 Å². The first kappa shape index (κ1) is 21.3. The van der Waals surface area contributed by atoms with E-state index in [1.165, 1.54) is 53.9 Å². The first-order valence-corrected chi connectivity index (χ1v) is 8.67. The third-order valence-electron chi connectivity index (χ3n) is 3.91. The van der Waals surface area contributed by atoms with Crippen LogP contribution in [0.4, 0.5) is 17.3 Å². The maximum atomic E-state index is 9.75. The molecule has 0 unspecified atom stereocenters. The highest BCUT2D eigenvalue weighted by Gasteiger charge is 2.20. The fraction of sp³-hybridized carbons (Fsp3) is 0.500. The number of unbranched alkanes of at least 4 members (excludes halogenated alkanes) is 3. The highest BCUT2D eigenvalue weighted by molar-refractivity contribution is 6.50. The van der Waals surface area contributed by atoms with Gasteiger partial charge in [-0.15, -0.1) is 0 Å². The fourth-order valence-electron chi connectivity index (χ4n) is 3.04. The third kappa shape index (κ3) is 7.75. The molecule has 0 aliphatic carbocycles. The molecule has 25 heavy (non-hydrogen) atoms. The Hall–Kier alpha value is -1.79. The summed E-state index contributed by atoms with van der Waals surface area (Å²) in [4.78, 5) is 3.41. The molecule has 7 heteroatoms. The summed E-state index contributed by atoms with van der Waals surface area (Å²) in [6, 6.07) is 4.53. The number of rotatable bonds is 6. The van der Waals surface area contributed by atoms with Crippen molar-refractivity contribution in [2.24, 2.45) is 0 Å². The number of H-pyrrole nitrogens is 1. The average Bonchev–Trinajstić information content (AvgIpc) is 2.89. The van der Waals surface area contributed by atoms with Crippen molar-refractivity contribution in [3.63, 3.8) is 0 Å².